The smallest absolute Gasteiger partial charge is 0.186 e. The van der Waals surface area contributed by atoms with Crippen molar-refractivity contribution in [3.05, 3.63) is 10.6 Å². The molecule has 19 heavy (non-hydrogen) atoms. The van der Waals surface area contributed by atoms with Gasteiger partial charge in [0.15, 0.2) is 20.8 Å². The number of Topliss-reactive ketones (excluding diaryl/α,β-unsaturated/α-hetero) is 1. The van der Waals surface area contributed by atoms with Crippen LogP contribution in [0.4, 0.5) is 5.13 Å². The molecule has 0 atom stereocenters. The second-order valence-electron chi connectivity index (χ2n) is 5.04. The van der Waals surface area contributed by atoms with Gasteiger partial charge < -0.3 is 4.90 Å². The zero-order valence-electron chi connectivity index (χ0n) is 10.6. The molecule has 0 aromatic carbocycles. The lowest BCUT2D eigenvalue weighted by molar-refractivity contribution is 0.0976. The van der Waals surface area contributed by atoms with Gasteiger partial charge in [0.05, 0.1) is 22.1 Å². The fourth-order valence-corrected chi connectivity index (χ4v) is 4.92. The van der Waals surface area contributed by atoms with Crippen LogP contribution >= 0.6 is 11.3 Å². The third-order valence-electron chi connectivity index (χ3n) is 3.58. The Bertz CT molecular complexity index is 606. The number of carbonyl (C=O) groups excluding carboxylic acids is 1. The number of rotatable bonds is 1. The standard InChI is InChI=1S/C12H16N2O3S2/c15-10-4-1-3-9-11(10)18-12(13-9)14-5-2-7-19(16,17)8-6-14/h1-8H2. The summed E-state index contributed by atoms with van der Waals surface area (Å²) in [5.74, 6) is 0.631. The molecule has 0 N–H and O–H groups in total. The second kappa shape index (κ2) is 4.86. The van der Waals surface area contributed by atoms with Gasteiger partial charge in [-0.15, -0.1) is 0 Å². The molecule has 5 nitrogen and oxygen atoms in total. The summed E-state index contributed by atoms with van der Waals surface area (Å²) in [6, 6.07) is 0. The molecule has 3 rings (SSSR count). The van der Waals surface area contributed by atoms with E-state index < -0.39 is 9.84 Å². The van der Waals surface area contributed by atoms with Crippen molar-refractivity contribution in [2.24, 2.45) is 0 Å². The maximum absolute atomic E-state index is 11.8. The zero-order valence-corrected chi connectivity index (χ0v) is 12.2. The summed E-state index contributed by atoms with van der Waals surface area (Å²) in [5.41, 5.74) is 0.906. The van der Waals surface area contributed by atoms with E-state index in [1.54, 1.807) is 0 Å². The normalized spacial score (nSPS) is 22.9. The van der Waals surface area contributed by atoms with Gasteiger partial charge in [0.2, 0.25) is 0 Å². The summed E-state index contributed by atoms with van der Waals surface area (Å²) in [6.45, 7) is 1.20. The Balaban J connectivity index is 1.85. The minimum Gasteiger partial charge on any atom is -0.347 e. The number of fused-ring (bicyclic) bond motifs is 1. The molecule has 7 heteroatoms. The highest BCUT2D eigenvalue weighted by atomic mass is 32.2. The summed E-state index contributed by atoms with van der Waals surface area (Å²) in [4.78, 5) is 19.2. The number of aryl methyl sites for hydroxylation is 1. The van der Waals surface area contributed by atoms with Crippen molar-refractivity contribution >= 4 is 32.1 Å². The Morgan fingerprint density at radius 1 is 1.11 bits per heavy atom. The van der Waals surface area contributed by atoms with E-state index in [9.17, 15) is 13.2 Å². The van der Waals surface area contributed by atoms with Crippen LogP contribution in [-0.4, -0.2) is 43.8 Å². The molecule has 1 aliphatic carbocycles. The van der Waals surface area contributed by atoms with E-state index in [2.05, 4.69) is 4.98 Å². The van der Waals surface area contributed by atoms with Crippen LogP contribution in [0.3, 0.4) is 0 Å². The molecule has 0 radical (unpaired) electrons. The number of sulfone groups is 1. The van der Waals surface area contributed by atoms with Gasteiger partial charge >= 0.3 is 0 Å². The molecule has 1 fully saturated rings. The zero-order chi connectivity index (χ0) is 13.5. The Morgan fingerprint density at radius 2 is 1.95 bits per heavy atom. The lowest BCUT2D eigenvalue weighted by Gasteiger charge is -2.17. The minimum atomic E-state index is -2.90. The third-order valence-corrected chi connectivity index (χ3v) is 6.50. The van der Waals surface area contributed by atoms with Crippen LogP contribution in [-0.2, 0) is 16.3 Å². The summed E-state index contributed by atoms with van der Waals surface area (Å²) < 4.78 is 23.2. The van der Waals surface area contributed by atoms with E-state index in [-0.39, 0.29) is 17.3 Å². The molecule has 1 aromatic rings. The van der Waals surface area contributed by atoms with Crippen LogP contribution in [0.5, 0.6) is 0 Å². The van der Waals surface area contributed by atoms with E-state index >= 15 is 0 Å². The first-order valence-electron chi connectivity index (χ1n) is 6.53. The van der Waals surface area contributed by atoms with Gasteiger partial charge in [0.25, 0.3) is 0 Å². The molecule has 1 saturated heterocycles. The molecule has 104 valence electrons. The maximum Gasteiger partial charge on any atom is 0.186 e. The van der Waals surface area contributed by atoms with E-state index in [4.69, 9.17) is 0 Å². The van der Waals surface area contributed by atoms with Gasteiger partial charge in [-0.3, -0.25) is 4.79 Å². The number of hydrogen-bond acceptors (Lipinski definition) is 6. The van der Waals surface area contributed by atoms with E-state index in [0.717, 1.165) is 28.5 Å². The molecule has 0 unspecified atom stereocenters. The van der Waals surface area contributed by atoms with Gasteiger partial charge in [-0.05, 0) is 19.3 Å². The van der Waals surface area contributed by atoms with Crippen molar-refractivity contribution in [2.75, 3.05) is 29.5 Å². The van der Waals surface area contributed by atoms with Gasteiger partial charge in [-0.2, -0.15) is 0 Å². The second-order valence-corrected chi connectivity index (χ2v) is 8.32. The van der Waals surface area contributed by atoms with Crippen molar-refractivity contribution in [3.8, 4) is 0 Å². The lowest BCUT2D eigenvalue weighted by Crippen LogP contribution is -2.26. The molecule has 1 aromatic heterocycles. The van der Waals surface area contributed by atoms with Gasteiger partial charge in [-0.25, -0.2) is 13.4 Å². The van der Waals surface area contributed by atoms with Crippen LogP contribution in [0.15, 0.2) is 0 Å². The third kappa shape index (κ3) is 2.67. The van der Waals surface area contributed by atoms with Crippen LogP contribution < -0.4 is 4.90 Å². The number of aromatic nitrogens is 1. The molecular weight excluding hydrogens is 284 g/mol. The minimum absolute atomic E-state index is 0.186. The number of ketones is 1. The Morgan fingerprint density at radius 3 is 2.74 bits per heavy atom. The van der Waals surface area contributed by atoms with E-state index in [1.165, 1.54) is 11.3 Å². The van der Waals surface area contributed by atoms with Gasteiger partial charge in [0.1, 0.15) is 0 Å². The quantitative estimate of drug-likeness (QED) is 0.782. The van der Waals surface area contributed by atoms with Crippen LogP contribution in [0.1, 0.15) is 34.6 Å². The number of hydrogen-bond donors (Lipinski definition) is 0. The molecule has 0 spiro atoms. The summed E-state index contributed by atoms with van der Waals surface area (Å²) in [5, 5.41) is 0.817. The number of thiazole rings is 1. The van der Waals surface area contributed by atoms with Crippen molar-refractivity contribution in [2.45, 2.75) is 25.7 Å². The van der Waals surface area contributed by atoms with Crippen LogP contribution in [0.2, 0.25) is 0 Å². The molecule has 2 aliphatic rings. The molecular formula is C12H16N2O3S2. The van der Waals surface area contributed by atoms with Crippen LogP contribution in [0.25, 0.3) is 0 Å². The summed E-state index contributed by atoms with van der Waals surface area (Å²) in [6.07, 6.45) is 3.00. The number of carbonyl (C=O) groups is 1. The van der Waals surface area contributed by atoms with Crippen molar-refractivity contribution < 1.29 is 13.2 Å². The largest absolute Gasteiger partial charge is 0.347 e. The van der Waals surface area contributed by atoms with Crippen molar-refractivity contribution in [3.63, 3.8) is 0 Å². The van der Waals surface area contributed by atoms with Gasteiger partial charge in [-0.1, -0.05) is 11.3 Å². The first-order valence-corrected chi connectivity index (χ1v) is 9.17. The molecule has 0 saturated carbocycles. The Labute approximate surface area is 116 Å². The monoisotopic (exact) mass is 300 g/mol. The molecule has 2 heterocycles. The van der Waals surface area contributed by atoms with Gasteiger partial charge in [0, 0.05) is 19.5 Å². The topological polar surface area (TPSA) is 67.3 Å². The average molecular weight is 300 g/mol. The number of anilines is 1. The Kier molecular flexibility index (Phi) is 3.34. The van der Waals surface area contributed by atoms with Crippen molar-refractivity contribution in [1.82, 2.24) is 4.98 Å². The molecule has 0 amide bonds. The molecule has 1 aliphatic heterocycles. The highest BCUT2D eigenvalue weighted by molar-refractivity contribution is 7.91. The van der Waals surface area contributed by atoms with E-state index in [0.29, 0.717) is 25.9 Å². The predicted molar refractivity (Wildman–Crippen MR) is 74.9 cm³/mol. The SMILES string of the molecule is O=C1CCCc2nc(N3CCCS(=O)(=O)CC3)sc21. The highest BCUT2D eigenvalue weighted by Gasteiger charge is 2.26. The number of nitrogens with zero attached hydrogens (tertiary/aromatic N) is 2. The lowest BCUT2D eigenvalue weighted by atomic mass is 10.0. The van der Waals surface area contributed by atoms with Crippen molar-refractivity contribution in [1.29, 1.82) is 0 Å². The first-order chi connectivity index (χ1) is 9.05. The highest BCUT2D eigenvalue weighted by Crippen LogP contribution is 2.32. The van der Waals surface area contributed by atoms with Crippen LogP contribution in [0, 0.1) is 0 Å². The maximum atomic E-state index is 11.8. The predicted octanol–water partition coefficient (Wildman–Crippen LogP) is 1.29. The fourth-order valence-electron chi connectivity index (χ4n) is 2.52. The fraction of sp³-hybridized carbons (Fsp3) is 0.667. The summed E-state index contributed by atoms with van der Waals surface area (Å²) >= 11 is 1.43. The Hall–Kier alpha value is -0.950. The first kappa shape index (κ1) is 13.1. The average Bonchev–Trinajstić information content (AvgIpc) is 2.70. The molecule has 0 bridgehead atoms. The summed E-state index contributed by atoms with van der Waals surface area (Å²) in [7, 11) is -2.90. The van der Waals surface area contributed by atoms with E-state index in [1.807, 2.05) is 4.90 Å².